The largest absolute Gasteiger partial charge is 0.471 e. The summed E-state index contributed by atoms with van der Waals surface area (Å²) in [5.74, 6) is 1.27. The standard InChI is InChI=1S/C25H31N3O/c1-17(2)14-15-27-19(4)29-24-16-20-10-6-7-12-22(20)25(28-26-5)18(3)21-11-8-9-13-23(21)24/h6-13,17,24,27H,4,14-16H2,1-3,5H3/b25-18+,28-26?. The first-order chi connectivity index (χ1) is 14.0. The highest BCUT2D eigenvalue weighted by Crippen LogP contribution is 2.39. The highest BCUT2D eigenvalue weighted by atomic mass is 16.5. The Morgan fingerprint density at radius 3 is 2.55 bits per heavy atom. The molecule has 2 aromatic rings. The van der Waals surface area contributed by atoms with Crippen molar-refractivity contribution >= 4 is 11.3 Å². The van der Waals surface area contributed by atoms with Crippen molar-refractivity contribution in [1.29, 1.82) is 0 Å². The first-order valence-electron chi connectivity index (χ1n) is 10.3. The van der Waals surface area contributed by atoms with Crippen LogP contribution < -0.4 is 5.32 Å². The average Bonchev–Trinajstić information content (AvgIpc) is 2.70. The summed E-state index contributed by atoms with van der Waals surface area (Å²) in [4.78, 5) is 0. The van der Waals surface area contributed by atoms with Gasteiger partial charge in [0.15, 0.2) is 5.88 Å². The quantitative estimate of drug-likeness (QED) is 0.441. The molecule has 0 saturated heterocycles. The van der Waals surface area contributed by atoms with Crippen molar-refractivity contribution in [3.63, 3.8) is 0 Å². The lowest BCUT2D eigenvalue weighted by Gasteiger charge is -2.27. The van der Waals surface area contributed by atoms with Crippen molar-refractivity contribution < 1.29 is 4.74 Å². The van der Waals surface area contributed by atoms with E-state index >= 15 is 0 Å². The average molecular weight is 390 g/mol. The van der Waals surface area contributed by atoms with Crippen molar-refractivity contribution in [1.82, 2.24) is 5.32 Å². The van der Waals surface area contributed by atoms with E-state index in [-0.39, 0.29) is 6.10 Å². The molecule has 29 heavy (non-hydrogen) atoms. The number of benzene rings is 2. The Kier molecular flexibility index (Phi) is 6.86. The maximum Gasteiger partial charge on any atom is 0.179 e. The predicted octanol–water partition coefficient (Wildman–Crippen LogP) is 6.38. The Hall–Kier alpha value is -2.88. The van der Waals surface area contributed by atoms with Crippen LogP contribution >= 0.6 is 0 Å². The van der Waals surface area contributed by atoms with Crippen LogP contribution in [0.5, 0.6) is 0 Å². The van der Waals surface area contributed by atoms with Gasteiger partial charge in [0, 0.05) is 31.1 Å². The van der Waals surface area contributed by atoms with E-state index < -0.39 is 0 Å². The van der Waals surface area contributed by atoms with E-state index in [1.165, 1.54) is 5.56 Å². The fourth-order valence-corrected chi connectivity index (χ4v) is 3.74. The van der Waals surface area contributed by atoms with Crippen molar-refractivity contribution in [2.24, 2.45) is 16.1 Å². The summed E-state index contributed by atoms with van der Waals surface area (Å²) in [5, 5.41) is 11.9. The van der Waals surface area contributed by atoms with E-state index in [2.05, 4.69) is 85.4 Å². The molecule has 0 heterocycles. The zero-order chi connectivity index (χ0) is 20.8. The normalized spacial score (nSPS) is 18.7. The number of nitrogens with one attached hydrogen (secondary N) is 1. The van der Waals surface area contributed by atoms with Gasteiger partial charge < -0.3 is 10.1 Å². The third kappa shape index (κ3) is 4.94. The minimum absolute atomic E-state index is 0.124. The van der Waals surface area contributed by atoms with Crippen LogP contribution in [0.1, 0.15) is 55.5 Å². The third-order valence-corrected chi connectivity index (χ3v) is 5.27. The van der Waals surface area contributed by atoms with Gasteiger partial charge in [-0.15, -0.1) is 0 Å². The Morgan fingerprint density at radius 2 is 1.83 bits per heavy atom. The molecule has 0 amide bonds. The van der Waals surface area contributed by atoms with E-state index in [1.807, 2.05) is 6.07 Å². The van der Waals surface area contributed by atoms with Gasteiger partial charge in [-0.05, 0) is 42.5 Å². The molecule has 1 atom stereocenters. The highest BCUT2D eigenvalue weighted by Gasteiger charge is 2.25. The molecule has 0 aromatic heterocycles. The van der Waals surface area contributed by atoms with E-state index in [0.717, 1.165) is 47.3 Å². The van der Waals surface area contributed by atoms with Crippen LogP contribution in [0, 0.1) is 5.92 Å². The lowest BCUT2D eigenvalue weighted by Crippen LogP contribution is -2.21. The summed E-state index contributed by atoms with van der Waals surface area (Å²) in [6, 6.07) is 16.8. The van der Waals surface area contributed by atoms with Crippen molar-refractivity contribution in [3.8, 4) is 0 Å². The summed E-state index contributed by atoms with van der Waals surface area (Å²) >= 11 is 0. The van der Waals surface area contributed by atoms with Crippen molar-refractivity contribution in [3.05, 3.63) is 83.2 Å². The molecule has 152 valence electrons. The smallest absolute Gasteiger partial charge is 0.179 e. The Balaban J connectivity index is 2.01. The van der Waals surface area contributed by atoms with Crippen LogP contribution in [0.3, 0.4) is 0 Å². The van der Waals surface area contributed by atoms with Crippen LogP contribution in [0.25, 0.3) is 11.3 Å². The van der Waals surface area contributed by atoms with Crippen LogP contribution in [-0.4, -0.2) is 13.6 Å². The number of ether oxygens (including phenoxy) is 1. The summed E-state index contributed by atoms with van der Waals surface area (Å²) in [6.07, 6.45) is 1.70. The Morgan fingerprint density at radius 1 is 1.14 bits per heavy atom. The van der Waals surface area contributed by atoms with E-state index in [9.17, 15) is 0 Å². The van der Waals surface area contributed by atoms with Gasteiger partial charge in [-0.2, -0.15) is 10.2 Å². The van der Waals surface area contributed by atoms with Gasteiger partial charge in [0.1, 0.15) is 6.10 Å². The number of hydrogen-bond donors (Lipinski definition) is 1. The highest BCUT2D eigenvalue weighted by molar-refractivity contribution is 5.91. The SMILES string of the molecule is C=C(NCCC(C)C)OC1Cc2ccccc2/C(N=NC)=C(/C)c2ccccc21. The lowest BCUT2D eigenvalue weighted by molar-refractivity contribution is 0.102. The molecule has 0 saturated carbocycles. The van der Waals surface area contributed by atoms with Crippen molar-refractivity contribution in [2.75, 3.05) is 13.6 Å². The van der Waals surface area contributed by atoms with E-state index in [0.29, 0.717) is 11.8 Å². The maximum atomic E-state index is 6.35. The number of hydrogen-bond acceptors (Lipinski definition) is 4. The maximum absolute atomic E-state index is 6.35. The molecule has 1 aliphatic rings. The molecule has 1 aliphatic carbocycles. The van der Waals surface area contributed by atoms with Gasteiger partial charge in [0.25, 0.3) is 0 Å². The van der Waals surface area contributed by atoms with Crippen LogP contribution in [-0.2, 0) is 11.2 Å². The zero-order valence-electron chi connectivity index (χ0n) is 17.9. The van der Waals surface area contributed by atoms with Crippen LogP contribution in [0.2, 0.25) is 0 Å². The minimum atomic E-state index is -0.124. The molecule has 0 bridgehead atoms. The second-order valence-corrected chi connectivity index (χ2v) is 7.86. The molecule has 0 spiro atoms. The molecule has 1 unspecified atom stereocenters. The fraction of sp³-hybridized carbons (Fsp3) is 0.360. The van der Waals surface area contributed by atoms with Crippen molar-refractivity contribution in [2.45, 2.75) is 39.7 Å². The van der Waals surface area contributed by atoms with Crippen LogP contribution in [0.4, 0.5) is 0 Å². The van der Waals surface area contributed by atoms with Gasteiger partial charge in [-0.25, -0.2) is 0 Å². The van der Waals surface area contributed by atoms with Gasteiger partial charge in [-0.1, -0.05) is 62.4 Å². The molecular weight excluding hydrogens is 358 g/mol. The summed E-state index contributed by atoms with van der Waals surface area (Å²) < 4.78 is 6.35. The fourth-order valence-electron chi connectivity index (χ4n) is 3.74. The second-order valence-electron chi connectivity index (χ2n) is 7.86. The molecule has 4 heteroatoms. The molecule has 0 radical (unpaired) electrons. The predicted molar refractivity (Wildman–Crippen MR) is 120 cm³/mol. The first-order valence-corrected chi connectivity index (χ1v) is 10.3. The van der Waals surface area contributed by atoms with E-state index in [4.69, 9.17) is 4.74 Å². The van der Waals surface area contributed by atoms with Gasteiger partial charge >= 0.3 is 0 Å². The van der Waals surface area contributed by atoms with Crippen LogP contribution in [0.15, 0.2) is 71.2 Å². The zero-order valence-corrected chi connectivity index (χ0v) is 17.9. The van der Waals surface area contributed by atoms with Gasteiger partial charge in [0.05, 0.1) is 5.70 Å². The van der Waals surface area contributed by atoms with Gasteiger partial charge in [0.2, 0.25) is 0 Å². The molecule has 4 nitrogen and oxygen atoms in total. The number of nitrogens with zero attached hydrogens (tertiary/aromatic N) is 2. The first kappa shape index (κ1) is 20.8. The second kappa shape index (κ2) is 9.55. The molecule has 0 fully saturated rings. The summed E-state index contributed by atoms with van der Waals surface area (Å²) in [5.41, 5.74) is 6.62. The van der Waals surface area contributed by atoms with Gasteiger partial charge in [-0.3, -0.25) is 0 Å². The molecule has 0 aliphatic heterocycles. The minimum Gasteiger partial charge on any atom is -0.471 e. The third-order valence-electron chi connectivity index (χ3n) is 5.27. The monoisotopic (exact) mass is 389 g/mol. The number of allylic oxidation sites excluding steroid dienone is 1. The summed E-state index contributed by atoms with van der Waals surface area (Å²) in [6.45, 7) is 11.5. The van der Waals surface area contributed by atoms with E-state index in [1.54, 1.807) is 7.05 Å². The Bertz CT molecular complexity index is 927. The summed E-state index contributed by atoms with van der Waals surface area (Å²) in [7, 11) is 1.71. The molecule has 1 N–H and O–H groups in total. The number of fused-ring (bicyclic) bond motifs is 2. The topological polar surface area (TPSA) is 46.0 Å². The molecular formula is C25H31N3O. The lowest BCUT2D eigenvalue weighted by atomic mass is 9.86. The molecule has 2 aromatic carbocycles. The number of azo groups is 1. The number of rotatable bonds is 7. The Labute approximate surface area is 174 Å². The molecule has 3 rings (SSSR count).